The van der Waals surface area contributed by atoms with Crippen molar-refractivity contribution in [2.24, 2.45) is 5.92 Å². The molecule has 0 heterocycles. The van der Waals surface area contributed by atoms with Crippen LogP contribution in [0.1, 0.15) is 25.0 Å². The van der Waals surface area contributed by atoms with Crippen LogP contribution in [0.2, 0.25) is 0 Å². The fraction of sp³-hybridized carbons (Fsp3) is 0.188. The molecular formula is C16H14O. The van der Waals surface area contributed by atoms with Crippen molar-refractivity contribution in [1.82, 2.24) is 0 Å². The van der Waals surface area contributed by atoms with Gasteiger partial charge in [0.05, 0.1) is 0 Å². The van der Waals surface area contributed by atoms with Gasteiger partial charge in [0.25, 0.3) is 0 Å². The van der Waals surface area contributed by atoms with Gasteiger partial charge in [0.15, 0.2) is 5.78 Å². The highest BCUT2D eigenvalue weighted by Crippen LogP contribution is 2.42. The summed E-state index contributed by atoms with van der Waals surface area (Å²) in [6, 6.07) is 8.21. The number of rotatable bonds is 1. The number of carbonyl (C=O) groups is 1. The topological polar surface area (TPSA) is 17.1 Å². The van der Waals surface area contributed by atoms with E-state index in [9.17, 15) is 4.79 Å². The van der Waals surface area contributed by atoms with Crippen LogP contribution in [-0.4, -0.2) is 5.78 Å². The molecule has 0 fully saturated rings. The predicted octanol–water partition coefficient (Wildman–Crippen LogP) is 3.63. The molecule has 3 rings (SSSR count). The summed E-state index contributed by atoms with van der Waals surface area (Å²) >= 11 is 0. The van der Waals surface area contributed by atoms with E-state index < -0.39 is 0 Å². The summed E-state index contributed by atoms with van der Waals surface area (Å²) < 4.78 is 0. The SMILES string of the molecule is CC(C)C1=C2C(=Cc3ccccc32)C(=O)C=C1. The number of benzene rings is 1. The largest absolute Gasteiger partial charge is 0.289 e. The minimum Gasteiger partial charge on any atom is -0.289 e. The summed E-state index contributed by atoms with van der Waals surface area (Å²) in [6.07, 6.45) is 5.68. The smallest absolute Gasteiger partial charge is 0.186 e. The number of allylic oxidation sites excluding steroid dienone is 5. The van der Waals surface area contributed by atoms with Gasteiger partial charge >= 0.3 is 0 Å². The lowest BCUT2D eigenvalue weighted by Crippen LogP contribution is -2.08. The van der Waals surface area contributed by atoms with Crippen molar-refractivity contribution in [2.45, 2.75) is 13.8 Å². The number of hydrogen-bond donors (Lipinski definition) is 0. The van der Waals surface area contributed by atoms with E-state index in [4.69, 9.17) is 0 Å². The molecule has 2 aliphatic carbocycles. The Bertz CT molecular complexity index is 598. The summed E-state index contributed by atoms with van der Waals surface area (Å²) in [5.74, 6) is 0.560. The zero-order valence-corrected chi connectivity index (χ0v) is 10.0. The van der Waals surface area contributed by atoms with Crippen LogP contribution in [-0.2, 0) is 4.79 Å². The molecule has 0 aliphatic heterocycles. The molecule has 84 valence electrons. The van der Waals surface area contributed by atoms with Gasteiger partial charge in [-0.1, -0.05) is 44.2 Å². The molecule has 0 saturated heterocycles. The van der Waals surface area contributed by atoms with E-state index in [1.807, 2.05) is 24.3 Å². The lowest BCUT2D eigenvalue weighted by molar-refractivity contribution is -0.110. The summed E-state index contributed by atoms with van der Waals surface area (Å²) in [7, 11) is 0. The zero-order valence-electron chi connectivity index (χ0n) is 10.0. The molecule has 0 amide bonds. The summed E-state index contributed by atoms with van der Waals surface area (Å²) in [4.78, 5) is 11.9. The van der Waals surface area contributed by atoms with Crippen LogP contribution in [0, 0.1) is 5.92 Å². The van der Waals surface area contributed by atoms with Crippen LogP contribution >= 0.6 is 0 Å². The van der Waals surface area contributed by atoms with Crippen molar-refractivity contribution in [2.75, 3.05) is 0 Å². The fourth-order valence-electron chi connectivity index (χ4n) is 2.55. The first kappa shape index (κ1) is 10.3. The van der Waals surface area contributed by atoms with Gasteiger partial charge in [-0.2, -0.15) is 0 Å². The van der Waals surface area contributed by atoms with E-state index in [0.717, 1.165) is 16.7 Å². The van der Waals surface area contributed by atoms with E-state index in [-0.39, 0.29) is 5.78 Å². The molecule has 0 unspecified atom stereocenters. The molecule has 1 nitrogen and oxygen atoms in total. The Balaban J connectivity index is 2.31. The minimum absolute atomic E-state index is 0.126. The maximum Gasteiger partial charge on any atom is 0.186 e. The summed E-state index contributed by atoms with van der Waals surface area (Å²) in [5.41, 5.74) is 5.62. The summed E-state index contributed by atoms with van der Waals surface area (Å²) in [5, 5.41) is 0. The van der Waals surface area contributed by atoms with Crippen molar-refractivity contribution in [3.63, 3.8) is 0 Å². The number of carbonyl (C=O) groups excluding carboxylic acids is 1. The first-order valence-corrected chi connectivity index (χ1v) is 5.96. The van der Waals surface area contributed by atoms with Crippen LogP contribution in [0.25, 0.3) is 11.6 Å². The first-order chi connectivity index (χ1) is 8.18. The third kappa shape index (κ3) is 1.42. The van der Waals surface area contributed by atoms with Crippen LogP contribution in [0.15, 0.2) is 47.6 Å². The second-order valence-electron chi connectivity index (χ2n) is 4.83. The van der Waals surface area contributed by atoms with E-state index in [1.165, 1.54) is 11.1 Å². The summed E-state index contributed by atoms with van der Waals surface area (Å²) in [6.45, 7) is 4.34. The highest BCUT2D eigenvalue weighted by molar-refractivity contribution is 6.24. The molecule has 17 heavy (non-hydrogen) atoms. The Morgan fingerprint density at radius 2 is 1.82 bits per heavy atom. The van der Waals surface area contributed by atoms with Gasteiger partial charge in [-0.3, -0.25) is 4.79 Å². The van der Waals surface area contributed by atoms with Gasteiger partial charge in [0.2, 0.25) is 0 Å². The average Bonchev–Trinajstić information content (AvgIpc) is 2.69. The van der Waals surface area contributed by atoms with E-state index >= 15 is 0 Å². The second-order valence-corrected chi connectivity index (χ2v) is 4.83. The number of hydrogen-bond acceptors (Lipinski definition) is 1. The Kier molecular flexibility index (Phi) is 2.15. The third-order valence-electron chi connectivity index (χ3n) is 3.39. The van der Waals surface area contributed by atoms with Crippen molar-refractivity contribution in [3.8, 4) is 0 Å². The minimum atomic E-state index is 0.126. The van der Waals surface area contributed by atoms with Crippen LogP contribution < -0.4 is 0 Å². The quantitative estimate of drug-likeness (QED) is 0.709. The molecule has 0 aromatic heterocycles. The first-order valence-electron chi connectivity index (χ1n) is 5.96. The maximum absolute atomic E-state index is 11.9. The van der Waals surface area contributed by atoms with Gasteiger partial charge in [0, 0.05) is 5.57 Å². The van der Waals surface area contributed by atoms with Crippen molar-refractivity contribution < 1.29 is 4.79 Å². The van der Waals surface area contributed by atoms with Gasteiger partial charge in [-0.25, -0.2) is 0 Å². The van der Waals surface area contributed by atoms with Crippen LogP contribution in [0.5, 0.6) is 0 Å². The van der Waals surface area contributed by atoms with Crippen LogP contribution in [0.3, 0.4) is 0 Å². The number of fused-ring (bicyclic) bond motifs is 3. The highest BCUT2D eigenvalue weighted by Gasteiger charge is 2.28. The van der Waals surface area contributed by atoms with Gasteiger partial charge in [0.1, 0.15) is 0 Å². The zero-order chi connectivity index (χ0) is 12.0. The maximum atomic E-state index is 11.9. The van der Waals surface area contributed by atoms with Gasteiger partial charge in [-0.05, 0) is 40.3 Å². The van der Waals surface area contributed by atoms with Crippen molar-refractivity contribution in [3.05, 3.63) is 58.7 Å². The molecule has 0 spiro atoms. The standard InChI is InChI=1S/C16H14O/c1-10(2)12-7-8-15(17)14-9-11-5-3-4-6-13(11)16(12)14/h3-10H,1-2H3. The molecule has 1 aromatic carbocycles. The third-order valence-corrected chi connectivity index (χ3v) is 3.39. The Hall–Kier alpha value is -1.89. The van der Waals surface area contributed by atoms with Crippen molar-refractivity contribution >= 4 is 17.4 Å². The Morgan fingerprint density at radius 3 is 2.59 bits per heavy atom. The van der Waals surface area contributed by atoms with E-state index in [2.05, 4.69) is 26.0 Å². The lowest BCUT2D eigenvalue weighted by Gasteiger charge is -2.18. The number of ketones is 1. The second kappa shape index (κ2) is 3.56. The van der Waals surface area contributed by atoms with Crippen molar-refractivity contribution in [1.29, 1.82) is 0 Å². The molecule has 1 heteroatoms. The molecule has 0 saturated carbocycles. The molecule has 0 N–H and O–H groups in total. The average molecular weight is 222 g/mol. The fourth-order valence-corrected chi connectivity index (χ4v) is 2.55. The Labute approximate surface area is 101 Å². The lowest BCUT2D eigenvalue weighted by atomic mass is 9.85. The predicted molar refractivity (Wildman–Crippen MR) is 70.3 cm³/mol. The Morgan fingerprint density at radius 1 is 1.06 bits per heavy atom. The molecule has 0 radical (unpaired) electrons. The van der Waals surface area contributed by atoms with Gasteiger partial charge < -0.3 is 0 Å². The van der Waals surface area contributed by atoms with Gasteiger partial charge in [-0.15, -0.1) is 0 Å². The van der Waals surface area contributed by atoms with E-state index in [1.54, 1.807) is 6.08 Å². The molecular weight excluding hydrogens is 208 g/mol. The molecule has 0 atom stereocenters. The normalized spacial score (nSPS) is 17.4. The van der Waals surface area contributed by atoms with E-state index in [0.29, 0.717) is 5.92 Å². The van der Waals surface area contributed by atoms with Crippen LogP contribution in [0.4, 0.5) is 0 Å². The molecule has 2 aliphatic rings. The monoisotopic (exact) mass is 222 g/mol. The molecule has 0 bridgehead atoms. The highest BCUT2D eigenvalue weighted by atomic mass is 16.1. The molecule has 1 aromatic rings.